The van der Waals surface area contributed by atoms with E-state index in [0.717, 1.165) is 6.21 Å². The van der Waals surface area contributed by atoms with Crippen LogP contribution < -0.4 is 16.5 Å². The van der Waals surface area contributed by atoms with Crippen molar-refractivity contribution in [3.05, 3.63) is 29.8 Å². The fourth-order valence-corrected chi connectivity index (χ4v) is 1.20. The van der Waals surface area contributed by atoms with Crippen LogP contribution in [0.25, 0.3) is 0 Å². The Hall–Kier alpha value is -2.28. The molecule has 94 valence electrons. The first-order chi connectivity index (χ1) is 8.49. The van der Waals surface area contributed by atoms with Gasteiger partial charge in [0.25, 0.3) is 0 Å². The van der Waals surface area contributed by atoms with Crippen LogP contribution in [0.4, 0.5) is 5.69 Å². The van der Waals surface area contributed by atoms with Crippen LogP contribution in [0.3, 0.4) is 0 Å². The van der Waals surface area contributed by atoms with Gasteiger partial charge in [0, 0.05) is 18.2 Å². The molecule has 0 aliphatic rings. The maximum atomic E-state index is 11.6. The van der Waals surface area contributed by atoms with E-state index in [4.69, 9.17) is 5.73 Å². The lowest BCUT2D eigenvalue weighted by Gasteiger charge is -2.02. The summed E-state index contributed by atoms with van der Waals surface area (Å²) in [7, 11) is 0. The molecule has 0 aromatic heterocycles. The number of nitrogens with zero attached hydrogens (tertiary/aromatic N) is 1. The number of rotatable bonds is 4. The topological polar surface area (TPSA) is 96.6 Å². The summed E-state index contributed by atoms with van der Waals surface area (Å²) in [5.41, 5.74) is 8.49. The van der Waals surface area contributed by atoms with Gasteiger partial charge in [-0.15, -0.1) is 0 Å². The van der Waals surface area contributed by atoms with Gasteiger partial charge in [0.15, 0.2) is 5.11 Å². The van der Waals surface area contributed by atoms with E-state index in [2.05, 4.69) is 28.1 Å². The Morgan fingerprint density at radius 3 is 2.44 bits per heavy atom. The number of benzene rings is 1. The van der Waals surface area contributed by atoms with Crippen LogP contribution >= 0.6 is 12.2 Å². The Labute approximate surface area is 109 Å². The zero-order valence-corrected chi connectivity index (χ0v) is 10.5. The summed E-state index contributed by atoms with van der Waals surface area (Å²) in [6, 6.07) is 6.42. The summed E-state index contributed by atoms with van der Waals surface area (Å²) in [5, 5.41) is 6.14. The normalized spacial score (nSPS) is 10.1. The minimum absolute atomic E-state index is 0.0138. The fraction of sp³-hybridized carbons (Fsp3) is 0.0909. The van der Waals surface area contributed by atoms with Gasteiger partial charge in [-0.3, -0.25) is 15.0 Å². The molecule has 1 aromatic carbocycles. The summed E-state index contributed by atoms with van der Waals surface area (Å²) < 4.78 is 0. The first kappa shape index (κ1) is 13.8. The maximum absolute atomic E-state index is 11.6. The van der Waals surface area contributed by atoms with E-state index in [1.807, 2.05) is 0 Å². The number of amides is 1. The Kier molecular flexibility index (Phi) is 4.94. The van der Waals surface area contributed by atoms with Gasteiger partial charge in [0.05, 0.1) is 6.21 Å². The number of nitrogens with one attached hydrogen (secondary N) is 2. The number of carbonyl (C=O) groups excluding carboxylic acids is 2. The summed E-state index contributed by atoms with van der Waals surface area (Å²) >= 11 is 4.52. The molecule has 0 saturated heterocycles. The van der Waals surface area contributed by atoms with Gasteiger partial charge in [-0.1, -0.05) is 0 Å². The van der Waals surface area contributed by atoms with Gasteiger partial charge in [0.1, 0.15) is 0 Å². The van der Waals surface area contributed by atoms with Crippen LogP contribution in [0.2, 0.25) is 0 Å². The van der Waals surface area contributed by atoms with Gasteiger partial charge in [-0.05, 0) is 36.5 Å². The number of Topliss-reactive ketones (excluding diaryl/α,β-unsaturated/α-hetero) is 1. The van der Waals surface area contributed by atoms with Crippen molar-refractivity contribution in [3.8, 4) is 0 Å². The van der Waals surface area contributed by atoms with Crippen molar-refractivity contribution in [2.75, 3.05) is 5.32 Å². The highest BCUT2D eigenvalue weighted by Gasteiger charge is 2.03. The molecule has 0 unspecified atom stereocenters. The highest BCUT2D eigenvalue weighted by Crippen LogP contribution is 2.09. The molecule has 0 bridgehead atoms. The van der Waals surface area contributed by atoms with Crippen LogP contribution in [-0.4, -0.2) is 23.0 Å². The smallest absolute Gasteiger partial charge is 0.221 e. The van der Waals surface area contributed by atoms with E-state index in [1.165, 1.54) is 6.92 Å². The quantitative estimate of drug-likeness (QED) is 0.321. The molecule has 1 aromatic rings. The lowest BCUT2D eigenvalue weighted by Crippen LogP contribution is -2.24. The van der Waals surface area contributed by atoms with Crippen LogP contribution in [0.5, 0.6) is 0 Å². The van der Waals surface area contributed by atoms with Crippen LogP contribution in [0, 0.1) is 0 Å². The summed E-state index contributed by atoms with van der Waals surface area (Å²) in [4.78, 5) is 22.4. The Morgan fingerprint density at radius 2 is 1.94 bits per heavy atom. The molecule has 0 aliphatic heterocycles. The second-order valence-electron chi connectivity index (χ2n) is 3.36. The molecule has 4 N–H and O–H groups in total. The summed E-state index contributed by atoms with van der Waals surface area (Å²) in [6.45, 7) is 1.41. The first-order valence-electron chi connectivity index (χ1n) is 4.99. The molecular weight excluding hydrogens is 252 g/mol. The van der Waals surface area contributed by atoms with E-state index < -0.39 is 0 Å². The number of nitrogens with two attached hydrogens (primary N) is 1. The molecule has 0 saturated carbocycles. The molecular formula is C11H12N4O2S. The van der Waals surface area contributed by atoms with Crippen LogP contribution in [0.1, 0.15) is 17.3 Å². The maximum Gasteiger partial charge on any atom is 0.221 e. The number of hydrogen-bond donors (Lipinski definition) is 3. The third kappa shape index (κ3) is 4.71. The van der Waals surface area contributed by atoms with Crippen LogP contribution in [0.15, 0.2) is 29.4 Å². The van der Waals surface area contributed by atoms with Crippen molar-refractivity contribution in [2.24, 2.45) is 10.8 Å². The van der Waals surface area contributed by atoms with E-state index in [1.54, 1.807) is 24.3 Å². The number of hydrogen-bond acceptors (Lipinski definition) is 4. The molecule has 0 atom stereocenters. The molecule has 7 heteroatoms. The van der Waals surface area contributed by atoms with Crippen molar-refractivity contribution >= 4 is 40.9 Å². The molecule has 0 heterocycles. The summed E-state index contributed by atoms with van der Waals surface area (Å²) in [6.07, 6.45) is 1.08. The van der Waals surface area contributed by atoms with Crippen molar-refractivity contribution in [1.82, 2.24) is 5.43 Å². The SMILES string of the molecule is CC(=O)Nc1ccc(C(=O)/C=N/NC(N)=S)cc1. The Morgan fingerprint density at radius 1 is 1.33 bits per heavy atom. The molecule has 6 nitrogen and oxygen atoms in total. The first-order valence-corrected chi connectivity index (χ1v) is 5.40. The third-order valence-electron chi connectivity index (χ3n) is 1.85. The Bertz CT molecular complexity index is 496. The highest BCUT2D eigenvalue weighted by atomic mass is 32.1. The van der Waals surface area contributed by atoms with E-state index >= 15 is 0 Å². The fourth-order valence-electron chi connectivity index (χ4n) is 1.15. The van der Waals surface area contributed by atoms with Crippen molar-refractivity contribution in [3.63, 3.8) is 0 Å². The van der Waals surface area contributed by atoms with Gasteiger partial charge >= 0.3 is 0 Å². The van der Waals surface area contributed by atoms with E-state index in [0.29, 0.717) is 11.3 Å². The lowest BCUT2D eigenvalue weighted by molar-refractivity contribution is -0.114. The predicted octanol–water partition coefficient (Wildman–Crippen LogP) is 0.647. The predicted molar refractivity (Wildman–Crippen MR) is 73.5 cm³/mol. The number of ketones is 1. The Balaban J connectivity index is 2.67. The molecule has 1 rings (SSSR count). The standard InChI is InChI=1S/C11H12N4O2S/c1-7(16)14-9-4-2-8(3-5-9)10(17)6-13-15-11(12)18/h2-6H,1H3,(H,14,16)(H3,12,15,18)/b13-6+. The monoisotopic (exact) mass is 264 g/mol. The zero-order chi connectivity index (χ0) is 13.5. The number of carbonyl (C=O) groups is 2. The molecule has 0 aliphatic carbocycles. The van der Waals surface area contributed by atoms with Gasteiger partial charge < -0.3 is 11.1 Å². The molecule has 1 amide bonds. The van der Waals surface area contributed by atoms with Crippen molar-refractivity contribution in [2.45, 2.75) is 6.92 Å². The molecule has 0 radical (unpaired) electrons. The summed E-state index contributed by atoms with van der Waals surface area (Å²) in [5.74, 6) is -0.468. The largest absolute Gasteiger partial charge is 0.375 e. The van der Waals surface area contributed by atoms with E-state index in [-0.39, 0.29) is 16.8 Å². The highest BCUT2D eigenvalue weighted by molar-refractivity contribution is 7.80. The number of hydrazone groups is 1. The number of anilines is 1. The minimum atomic E-state index is -0.298. The third-order valence-corrected chi connectivity index (χ3v) is 1.94. The molecule has 0 fully saturated rings. The van der Waals surface area contributed by atoms with E-state index in [9.17, 15) is 9.59 Å². The van der Waals surface area contributed by atoms with Crippen molar-refractivity contribution in [1.29, 1.82) is 0 Å². The number of thiocarbonyl (C=S) groups is 1. The average molecular weight is 264 g/mol. The molecule has 18 heavy (non-hydrogen) atoms. The second kappa shape index (κ2) is 6.45. The van der Waals surface area contributed by atoms with Gasteiger partial charge in [-0.2, -0.15) is 5.10 Å². The minimum Gasteiger partial charge on any atom is -0.375 e. The molecule has 0 spiro atoms. The second-order valence-corrected chi connectivity index (χ2v) is 3.80. The average Bonchev–Trinajstić information content (AvgIpc) is 2.28. The lowest BCUT2D eigenvalue weighted by atomic mass is 10.1. The van der Waals surface area contributed by atoms with Crippen LogP contribution in [-0.2, 0) is 4.79 Å². The zero-order valence-electron chi connectivity index (χ0n) is 9.64. The van der Waals surface area contributed by atoms with Gasteiger partial charge in [0.2, 0.25) is 11.7 Å². The van der Waals surface area contributed by atoms with Gasteiger partial charge in [-0.25, -0.2) is 0 Å². The van der Waals surface area contributed by atoms with Crippen molar-refractivity contribution < 1.29 is 9.59 Å².